The first-order valence-corrected chi connectivity index (χ1v) is 7.46. The van der Waals surface area contributed by atoms with E-state index in [1.54, 1.807) is 0 Å². The zero-order valence-electron chi connectivity index (χ0n) is 12.4. The minimum atomic E-state index is 0.282. The molecule has 0 saturated carbocycles. The zero-order chi connectivity index (χ0) is 13.6. The summed E-state index contributed by atoms with van der Waals surface area (Å²) in [6.45, 7) is 9.46. The van der Waals surface area contributed by atoms with E-state index in [1.165, 1.54) is 32.4 Å². The summed E-state index contributed by atoms with van der Waals surface area (Å²) in [6, 6.07) is 0. The van der Waals surface area contributed by atoms with Crippen molar-refractivity contribution in [2.45, 2.75) is 26.2 Å². The molecule has 5 nitrogen and oxygen atoms in total. The highest BCUT2D eigenvalue weighted by atomic mass is 16.5. The number of hydrogen-bond donors (Lipinski definition) is 2. The molecule has 2 rings (SSSR count). The van der Waals surface area contributed by atoms with Crippen molar-refractivity contribution >= 4 is 5.96 Å². The molecular weight excluding hydrogens is 240 g/mol. The Kier molecular flexibility index (Phi) is 5.45. The van der Waals surface area contributed by atoms with Gasteiger partial charge in [0, 0.05) is 32.1 Å². The second kappa shape index (κ2) is 7.10. The molecule has 0 aromatic carbocycles. The zero-order valence-corrected chi connectivity index (χ0v) is 12.4. The molecule has 2 fully saturated rings. The van der Waals surface area contributed by atoms with E-state index < -0.39 is 0 Å². The molecule has 2 N–H and O–H groups in total. The number of piperidine rings is 1. The van der Waals surface area contributed by atoms with Gasteiger partial charge in [0.05, 0.1) is 13.2 Å². The smallest absolute Gasteiger partial charge is 0.191 e. The number of likely N-dealkylation sites (tertiary alicyclic amines) is 1. The van der Waals surface area contributed by atoms with Crippen molar-refractivity contribution in [1.82, 2.24) is 15.5 Å². The van der Waals surface area contributed by atoms with Crippen LogP contribution in [0.5, 0.6) is 0 Å². The van der Waals surface area contributed by atoms with E-state index >= 15 is 0 Å². The topological polar surface area (TPSA) is 48.9 Å². The first-order chi connectivity index (χ1) is 9.22. The van der Waals surface area contributed by atoms with Gasteiger partial charge in [-0.25, -0.2) is 0 Å². The summed E-state index contributed by atoms with van der Waals surface area (Å²) in [7, 11) is 1.83. The van der Waals surface area contributed by atoms with E-state index in [0.717, 1.165) is 38.8 Å². The van der Waals surface area contributed by atoms with Crippen LogP contribution in [-0.4, -0.2) is 63.8 Å². The summed E-state index contributed by atoms with van der Waals surface area (Å²) in [5, 5.41) is 6.78. The van der Waals surface area contributed by atoms with Gasteiger partial charge in [-0.15, -0.1) is 0 Å². The van der Waals surface area contributed by atoms with E-state index in [2.05, 4.69) is 27.4 Å². The average molecular weight is 268 g/mol. The lowest BCUT2D eigenvalue weighted by molar-refractivity contribution is -0.0971. The molecule has 0 unspecified atom stereocenters. The van der Waals surface area contributed by atoms with Crippen LogP contribution in [0.4, 0.5) is 0 Å². The number of rotatable bonds is 5. The number of hydrogen-bond acceptors (Lipinski definition) is 3. The van der Waals surface area contributed by atoms with Crippen LogP contribution in [0.2, 0.25) is 0 Å². The standard InChI is InChI=1S/C14H28N4O/c1-14(11-19-12-14)10-17-13(15-2)16-6-9-18-7-4-3-5-8-18/h3-12H2,1-2H3,(H2,15,16,17). The van der Waals surface area contributed by atoms with Crippen LogP contribution in [-0.2, 0) is 4.74 Å². The second-order valence-electron chi connectivity index (χ2n) is 6.06. The van der Waals surface area contributed by atoms with Crippen LogP contribution in [0.25, 0.3) is 0 Å². The Balaban J connectivity index is 1.59. The normalized spacial score (nSPS) is 23.8. The fourth-order valence-corrected chi connectivity index (χ4v) is 2.59. The van der Waals surface area contributed by atoms with Gasteiger partial charge >= 0.3 is 0 Å². The SMILES string of the molecule is CN=C(NCCN1CCCCC1)NCC1(C)COC1. The van der Waals surface area contributed by atoms with Gasteiger partial charge in [-0.3, -0.25) is 4.99 Å². The fourth-order valence-electron chi connectivity index (χ4n) is 2.59. The third kappa shape index (κ3) is 4.66. The van der Waals surface area contributed by atoms with Crippen molar-refractivity contribution in [2.24, 2.45) is 10.4 Å². The van der Waals surface area contributed by atoms with E-state index in [4.69, 9.17) is 4.74 Å². The maximum absolute atomic E-state index is 5.26. The van der Waals surface area contributed by atoms with Crippen molar-refractivity contribution in [2.75, 3.05) is 53.0 Å². The molecule has 0 aliphatic carbocycles. The van der Waals surface area contributed by atoms with Gasteiger partial charge in [-0.05, 0) is 25.9 Å². The summed E-state index contributed by atoms with van der Waals surface area (Å²) in [6.07, 6.45) is 4.10. The Morgan fingerprint density at radius 1 is 1.21 bits per heavy atom. The van der Waals surface area contributed by atoms with Crippen LogP contribution < -0.4 is 10.6 Å². The summed E-state index contributed by atoms with van der Waals surface area (Å²) in [5.74, 6) is 0.908. The molecule has 19 heavy (non-hydrogen) atoms. The highest BCUT2D eigenvalue weighted by Crippen LogP contribution is 2.24. The number of ether oxygens (including phenoxy) is 1. The first-order valence-electron chi connectivity index (χ1n) is 7.46. The highest BCUT2D eigenvalue weighted by Gasteiger charge is 2.33. The Morgan fingerprint density at radius 3 is 2.53 bits per heavy atom. The number of nitrogens with zero attached hydrogens (tertiary/aromatic N) is 2. The summed E-state index contributed by atoms with van der Waals surface area (Å²) < 4.78 is 5.26. The van der Waals surface area contributed by atoms with Gasteiger partial charge in [0.1, 0.15) is 0 Å². The van der Waals surface area contributed by atoms with Gasteiger partial charge in [0.2, 0.25) is 0 Å². The largest absolute Gasteiger partial charge is 0.380 e. The minimum Gasteiger partial charge on any atom is -0.380 e. The molecule has 0 amide bonds. The predicted molar refractivity (Wildman–Crippen MR) is 78.6 cm³/mol. The third-order valence-electron chi connectivity index (χ3n) is 3.98. The second-order valence-corrected chi connectivity index (χ2v) is 6.06. The molecule has 2 saturated heterocycles. The first kappa shape index (κ1) is 14.6. The van der Waals surface area contributed by atoms with E-state index in [-0.39, 0.29) is 5.41 Å². The molecule has 0 radical (unpaired) electrons. The average Bonchev–Trinajstić information content (AvgIpc) is 2.41. The molecule has 2 heterocycles. The van der Waals surface area contributed by atoms with Crippen molar-refractivity contribution in [3.63, 3.8) is 0 Å². The van der Waals surface area contributed by atoms with E-state index in [9.17, 15) is 0 Å². The Hall–Kier alpha value is -0.810. The summed E-state index contributed by atoms with van der Waals surface area (Å²) in [4.78, 5) is 6.80. The monoisotopic (exact) mass is 268 g/mol. The lowest BCUT2D eigenvalue weighted by Gasteiger charge is -2.38. The van der Waals surface area contributed by atoms with Gasteiger partial charge < -0.3 is 20.3 Å². The fraction of sp³-hybridized carbons (Fsp3) is 0.929. The van der Waals surface area contributed by atoms with Crippen molar-refractivity contribution in [3.8, 4) is 0 Å². The van der Waals surface area contributed by atoms with Gasteiger partial charge in [-0.2, -0.15) is 0 Å². The van der Waals surface area contributed by atoms with Crippen LogP contribution in [0.15, 0.2) is 4.99 Å². The molecule has 0 spiro atoms. The lowest BCUT2D eigenvalue weighted by Crippen LogP contribution is -2.51. The van der Waals surface area contributed by atoms with Crippen LogP contribution in [0.3, 0.4) is 0 Å². The van der Waals surface area contributed by atoms with Crippen molar-refractivity contribution in [3.05, 3.63) is 0 Å². The Morgan fingerprint density at radius 2 is 1.95 bits per heavy atom. The summed E-state index contributed by atoms with van der Waals surface area (Å²) in [5.41, 5.74) is 0.282. The molecular formula is C14H28N4O. The molecule has 0 aromatic heterocycles. The van der Waals surface area contributed by atoms with Crippen LogP contribution in [0.1, 0.15) is 26.2 Å². The number of nitrogens with one attached hydrogen (secondary N) is 2. The number of guanidine groups is 1. The van der Waals surface area contributed by atoms with E-state index in [1.807, 2.05) is 7.05 Å². The Bertz CT molecular complexity index is 296. The molecule has 2 aliphatic rings. The van der Waals surface area contributed by atoms with Gasteiger partial charge in [0.25, 0.3) is 0 Å². The minimum absolute atomic E-state index is 0.282. The van der Waals surface area contributed by atoms with E-state index in [0.29, 0.717) is 0 Å². The molecule has 0 bridgehead atoms. The quantitative estimate of drug-likeness (QED) is 0.568. The number of aliphatic imine (C=N–C) groups is 1. The maximum Gasteiger partial charge on any atom is 0.191 e. The third-order valence-corrected chi connectivity index (χ3v) is 3.98. The highest BCUT2D eigenvalue weighted by molar-refractivity contribution is 5.79. The summed E-state index contributed by atoms with van der Waals surface area (Å²) >= 11 is 0. The molecule has 2 aliphatic heterocycles. The van der Waals surface area contributed by atoms with Crippen LogP contribution in [0, 0.1) is 5.41 Å². The molecule has 0 atom stereocenters. The lowest BCUT2D eigenvalue weighted by atomic mass is 9.89. The van der Waals surface area contributed by atoms with Crippen molar-refractivity contribution in [1.29, 1.82) is 0 Å². The molecule has 5 heteroatoms. The van der Waals surface area contributed by atoms with Gasteiger partial charge in [0.15, 0.2) is 5.96 Å². The van der Waals surface area contributed by atoms with Gasteiger partial charge in [-0.1, -0.05) is 13.3 Å². The predicted octanol–water partition coefficient (Wildman–Crippen LogP) is 0.674. The maximum atomic E-state index is 5.26. The Labute approximate surface area is 116 Å². The molecule has 0 aromatic rings. The van der Waals surface area contributed by atoms with Crippen molar-refractivity contribution < 1.29 is 4.74 Å². The molecule has 110 valence electrons. The van der Waals surface area contributed by atoms with Crippen LogP contribution >= 0.6 is 0 Å².